The summed E-state index contributed by atoms with van der Waals surface area (Å²) in [6, 6.07) is 4.95. The first-order valence-electron chi connectivity index (χ1n) is 6.32. The van der Waals surface area contributed by atoms with E-state index in [-0.39, 0.29) is 4.90 Å². The zero-order chi connectivity index (χ0) is 14.3. The molecule has 0 atom stereocenters. The molecule has 0 spiro atoms. The molecule has 0 radical (unpaired) electrons. The van der Waals surface area contributed by atoms with Gasteiger partial charge in [0.1, 0.15) is 0 Å². The van der Waals surface area contributed by atoms with E-state index in [2.05, 4.69) is 11.0 Å². The van der Waals surface area contributed by atoms with Crippen LogP contribution in [0.3, 0.4) is 0 Å². The maximum absolute atomic E-state index is 12.1. The molecule has 19 heavy (non-hydrogen) atoms. The van der Waals surface area contributed by atoms with Gasteiger partial charge in [0, 0.05) is 12.2 Å². The molecule has 4 nitrogen and oxygen atoms in total. The number of nitrogen functional groups attached to an aromatic ring is 1. The summed E-state index contributed by atoms with van der Waals surface area (Å²) in [5.41, 5.74) is 6.84. The van der Waals surface area contributed by atoms with Crippen LogP contribution in [0.5, 0.6) is 0 Å². The SMILES string of the molecule is CSCCCCCNS(=O)(=O)c1cccc(N)c1C. The molecule has 0 aliphatic heterocycles. The van der Waals surface area contributed by atoms with E-state index in [1.807, 2.05) is 11.8 Å². The van der Waals surface area contributed by atoms with Crippen molar-refractivity contribution in [3.05, 3.63) is 23.8 Å². The second kappa shape index (κ2) is 7.77. The van der Waals surface area contributed by atoms with E-state index in [4.69, 9.17) is 5.73 Å². The molecule has 1 aromatic carbocycles. The van der Waals surface area contributed by atoms with Gasteiger partial charge in [0.2, 0.25) is 10.0 Å². The van der Waals surface area contributed by atoms with Gasteiger partial charge in [-0.25, -0.2) is 13.1 Å². The third-order valence-corrected chi connectivity index (χ3v) is 5.24. The van der Waals surface area contributed by atoms with Crippen LogP contribution in [0.15, 0.2) is 23.1 Å². The third kappa shape index (κ3) is 5.04. The molecule has 0 saturated heterocycles. The van der Waals surface area contributed by atoms with E-state index >= 15 is 0 Å². The highest BCUT2D eigenvalue weighted by Crippen LogP contribution is 2.20. The van der Waals surface area contributed by atoms with Crippen LogP contribution in [0.25, 0.3) is 0 Å². The first kappa shape index (κ1) is 16.3. The molecule has 6 heteroatoms. The molecule has 0 bridgehead atoms. The van der Waals surface area contributed by atoms with E-state index in [0.717, 1.165) is 25.0 Å². The average molecular weight is 302 g/mol. The first-order chi connectivity index (χ1) is 8.99. The Kier molecular flexibility index (Phi) is 6.68. The zero-order valence-electron chi connectivity index (χ0n) is 11.5. The number of nitrogens with two attached hydrogens (primary N) is 1. The predicted octanol–water partition coefficient (Wildman–Crippen LogP) is 2.39. The molecule has 0 heterocycles. The van der Waals surface area contributed by atoms with Crippen LogP contribution in [0, 0.1) is 6.92 Å². The van der Waals surface area contributed by atoms with Crippen molar-refractivity contribution in [2.24, 2.45) is 0 Å². The summed E-state index contributed by atoms with van der Waals surface area (Å²) in [6.45, 7) is 2.20. The summed E-state index contributed by atoms with van der Waals surface area (Å²) in [7, 11) is -3.44. The third-order valence-electron chi connectivity index (χ3n) is 2.93. The molecule has 0 saturated carbocycles. The Hall–Kier alpha value is -0.720. The lowest BCUT2D eigenvalue weighted by atomic mass is 10.2. The van der Waals surface area contributed by atoms with Gasteiger partial charge in [0.15, 0.2) is 0 Å². The van der Waals surface area contributed by atoms with Gasteiger partial charge < -0.3 is 5.73 Å². The molecule has 108 valence electrons. The van der Waals surface area contributed by atoms with E-state index in [0.29, 0.717) is 17.8 Å². The molecule has 0 aliphatic rings. The fraction of sp³-hybridized carbons (Fsp3) is 0.538. The lowest BCUT2D eigenvalue weighted by Crippen LogP contribution is -2.25. The molecule has 0 aliphatic carbocycles. The number of sulfonamides is 1. The van der Waals surface area contributed by atoms with Crippen LogP contribution in [0.1, 0.15) is 24.8 Å². The van der Waals surface area contributed by atoms with E-state index in [1.54, 1.807) is 25.1 Å². The highest BCUT2D eigenvalue weighted by molar-refractivity contribution is 7.98. The Morgan fingerprint density at radius 2 is 2.00 bits per heavy atom. The minimum Gasteiger partial charge on any atom is -0.398 e. The monoisotopic (exact) mass is 302 g/mol. The van der Waals surface area contributed by atoms with Gasteiger partial charge in [-0.15, -0.1) is 0 Å². The van der Waals surface area contributed by atoms with Gasteiger partial charge >= 0.3 is 0 Å². The molecule has 1 rings (SSSR count). The lowest BCUT2D eigenvalue weighted by molar-refractivity contribution is 0.575. The number of benzene rings is 1. The van der Waals surface area contributed by atoms with E-state index in [9.17, 15) is 8.42 Å². The van der Waals surface area contributed by atoms with E-state index < -0.39 is 10.0 Å². The van der Waals surface area contributed by atoms with Crippen molar-refractivity contribution in [1.82, 2.24) is 4.72 Å². The van der Waals surface area contributed by atoms with Crippen LogP contribution in [-0.4, -0.2) is 27.0 Å². The van der Waals surface area contributed by atoms with Gasteiger partial charge in [0.05, 0.1) is 4.90 Å². The molecule has 0 fully saturated rings. The van der Waals surface area contributed by atoms with Crippen LogP contribution in [0.4, 0.5) is 5.69 Å². The molecule has 0 aromatic heterocycles. The first-order valence-corrected chi connectivity index (χ1v) is 9.20. The molecular weight excluding hydrogens is 280 g/mol. The smallest absolute Gasteiger partial charge is 0.240 e. The molecule has 1 aromatic rings. The summed E-state index contributed by atoms with van der Waals surface area (Å²) in [5.74, 6) is 1.13. The maximum atomic E-state index is 12.1. The van der Waals surface area contributed by atoms with Crippen molar-refractivity contribution in [3.8, 4) is 0 Å². The fourth-order valence-corrected chi connectivity index (χ4v) is 3.60. The number of thioether (sulfide) groups is 1. The number of nitrogens with one attached hydrogen (secondary N) is 1. The van der Waals surface area contributed by atoms with Crippen LogP contribution < -0.4 is 10.5 Å². The summed E-state index contributed by atoms with van der Waals surface area (Å²) in [4.78, 5) is 0.275. The topological polar surface area (TPSA) is 72.2 Å². The summed E-state index contributed by atoms with van der Waals surface area (Å²) >= 11 is 1.81. The quantitative estimate of drug-likeness (QED) is 0.571. The van der Waals surface area contributed by atoms with Gasteiger partial charge in [-0.1, -0.05) is 12.5 Å². The summed E-state index contributed by atoms with van der Waals surface area (Å²) < 4.78 is 26.9. The number of unbranched alkanes of at least 4 members (excludes halogenated alkanes) is 2. The largest absolute Gasteiger partial charge is 0.398 e. The number of hydrogen-bond donors (Lipinski definition) is 2. The molecule has 0 unspecified atom stereocenters. The minimum absolute atomic E-state index is 0.275. The Morgan fingerprint density at radius 1 is 1.26 bits per heavy atom. The maximum Gasteiger partial charge on any atom is 0.240 e. The van der Waals surface area contributed by atoms with Gasteiger partial charge in [-0.3, -0.25) is 0 Å². The van der Waals surface area contributed by atoms with Crippen molar-refractivity contribution in [1.29, 1.82) is 0 Å². The van der Waals surface area contributed by atoms with Crippen molar-refractivity contribution < 1.29 is 8.42 Å². The molecule has 0 amide bonds. The zero-order valence-corrected chi connectivity index (χ0v) is 13.1. The number of rotatable bonds is 8. The Labute approximate surface area is 120 Å². The second-order valence-corrected chi connectivity index (χ2v) is 7.14. The number of hydrogen-bond acceptors (Lipinski definition) is 4. The van der Waals surface area contributed by atoms with Gasteiger partial charge in [-0.2, -0.15) is 11.8 Å². The van der Waals surface area contributed by atoms with Crippen LogP contribution >= 0.6 is 11.8 Å². The summed E-state index contributed by atoms with van der Waals surface area (Å²) in [6.07, 6.45) is 5.10. The van der Waals surface area contributed by atoms with E-state index in [1.165, 1.54) is 0 Å². The predicted molar refractivity (Wildman–Crippen MR) is 83.0 cm³/mol. The fourth-order valence-electron chi connectivity index (χ4n) is 1.76. The number of anilines is 1. The van der Waals surface area contributed by atoms with Gasteiger partial charge in [0.25, 0.3) is 0 Å². The minimum atomic E-state index is -3.44. The van der Waals surface area contributed by atoms with Crippen molar-refractivity contribution >= 4 is 27.5 Å². The van der Waals surface area contributed by atoms with Crippen molar-refractivity contribution in [2.45, 2.75) is 31.1 Å². The lowest BCUT2D eigenvalue weighted by Gasteiger charge is -2.10. The Bertz CT molecular complexity index is 501. The van der Waals surface area contributed by atoms with Gasteiger partial charge in [-0.05, 0) is 49.5 Å². The highest BCUT2D eigenvalue weighted by Gasteiger charge is 2.16. The normalized spacial score (nSPS) is 11.7. The second-order valence-electron chi connectivity index (χ2n) is 4.42. The average Bonchev–Trinajstić information content (AvgIpc) is 2.36. The Morgan fingerprint density at radius 3 is 2.68 bits per heavy atom. The van der Waals surface area contributed by atoms with Crippen molar-refractivity contribution in [2.75, 3.05) is 24.3 Å². The van der Waals surface area contributed by atoms with Crippen LogP contribution in [-0.2, 0) is 10.0 Å². The Balaban J connectivity index is 2.54. The summed E-state index contributed by atoms with van der Waals surface area (Å²) in [5, 5.41) is 0. The van der Waals surface area contributed by atoms with Crippen molar-refractivity contribution in [3.63, 3.8) is 0 Å². The van der Waals surface area contributed by atoms with Crippen LogP contribution in [0.2, 0.25) is 0 Å². The standard InChI is InChI=1S/C13H22N2O2S2/c1-11-12(14)7-6-8-13(11)19(16,17)15-9-4-3-5-10-18-2/h6-8,15H,3-5,9-10,14H2,1-2H3. The molecular formula is C13H22N2O2S2. The molecule has 3 N–H and O–H groups in total. The highest BCUT2D eigenvalue weighted by atomic mass is 32.2.